The van der Waals surface area contributed by atoms with E-state index in [2.05, 4.69) is 24.4 Å². The molecule has 1 aromatic carbocycles. The SMILES string of the molecule is CCCNCc1ccc(OC)c(OCC2CCOC2)c1. The van der Waals surface area contributed by atoms with Crippen LogP contribution in [0.5, 0.6) is 11.5 Å². The molecule has 1 heterocycles. The fourth-order valence-electron chi connectivity index (χ4n) is 2.28. The number of hydrogen-bond donors (Lipinski definition) is 1. The first-order valence-corrected chi connectivity index (χ1v) is 7.41. The minimum Gasteiger partial charge on any atom is -0.493 e. The molecule has 1 unspecified atom stereocenters. The predicted molar refractivity (Wildman–Crippen MR) is 79.4 cm³/mol. The minimum atomic E-state index is 0.501. The molecule has 0 bridgehead atoms. The van der Waals surface area contributed by atoms with Gasteiger partial charge in [-0.3, -0.25) is 0 Å². The molecular weight excluding hydrogens is 254 g/mol. The highest BCUT2D eigenvalue weighted by Gasteiger charge is 2.17. The van der Waals surface area contributed by atoms with E-state index in [9.17, 15) is 0 Å². The van der Waals surface area contributed by atoms with E-state index in [0.29, 0.717) is 12.5 Å². The van der Waals surface area contributed by atoms with Gasteiger partial charge >= 0.3 is 0 Å². The largest absolute Gasteiger partial charge is 0.493 e. The Morgan fingerprint density at radius 2 is 2.25 bits per heavy atom. The van der Waals surface area contributed by atoms with Gasteiger partial charge in [0.15, 0.2) is 11.5 Å². The average molecular weight is 279 g/mol. The lowest BCUT2D eigenvalue weighted by Gasteiger charge is -2.15. The molecule has 0 radical (unpaired) electrons. The molecule has 4 heteroatoms. The number of nitrogens with one attached hydrogen (secondary N) is 1. The predicted octanol–water partition coefficient (Wildman–Crippen LogP) is 2.61. The summed E-state index contributed by atoms with van der Waals surface area (Å²) in [7, 11) is 1.68. The molecule has 1 aliphatic heterocycles. The molecule has 20 heavy (non-hydrogen) atoms. The summed E-state index contributed by atoms with van der Waals surface area (Å²) in [5.41, 5.74) is 1.22. The van der Waals surface area contributed by atoms with Crippen molar-refractivity contribution in [2.45, 2.75) is 26.3 Å². The molecule has 1 N–H and O–H groups in total. The Labute approximate surface area is 121 Å². The van der Waals surface area contributed by atoms with E-state index in [1.165, 1.54) is 5.56 Å². The van der Waals surface area contributed by atoms with Gasteiger partial charge in [-0.1, -0.05) is 13.0 Å². The van der Waals surface area contributed by atoms with Crippen LogP contribution in [-0.4, -0.2) is 33.5 Å². The second kappa shape index (κ2) is 8.12. The molecule has 4 nitrogen and oxygen atoms in total. The standard InChI is InChI=1S/C16H25NO3/c1-3-7-17-10-13-4-5-15(18-2)16(9-13)20-12-14-6-8-19-11-14/h4-5,9,14,17H,3,6-8,10-12H2,1-2H3. The summed E-state index contributed by atoms with van der Waals surface area (Å²) in [5.74, 6) is 2.12. The Balaban J connectivity index is 1.94. The van der Waals surface area contributed by atoms with Crippen molar-refractivity contribution in [1.82, 2.24) is 5.32 Å². The van der Waals surface area contributed by atoms with Gasteiger partial charge in [0.2, 0.25) is 0 Å². The molecule has 0 spiro atoms. The van der Waals surface area contributed by atoms with Crippen molar-refractivity contribution >= 4 is 0 Å². The van der Waals surface area contributed by atoms with E-state index in [0.717, 1.165) is 50.6 Å². The maximum Gasteiger partial charge on any atom is 0.161 e. The quantitative estimate of drug-likeness (QED) is 0.743. The van der Waals surface area contributed by atoms with Gasteiger partial charge < -0.3 is 19.5 Å². The lowest BCUT2D eigenvalue weighted by Crippen LogP contribution is -2.15. The Kier molecular flexibility index (Phi) is 6.15. The third-order valence-corrected chi connectivity index (χ3v) is 3.48. The first-order chi connectivity index (χ1) is 9.83. The van der Waals surface area contributed by atoms with Crippen LogP contribution in [0.2, 0.25) is 0 Å². The highest BCUT2D eigenvalue weighted by atomic mass is 16.5. The van der Waals surface area contributed by atoms with Gasteiger partial charge in [-0.2, -0.15) is 0 Å². The zero-order valence-corrected chi connectivity index (χ0v) is 12.5. The van der Waals surface area contributed by atoms with Crippen LogP contribution in [0.3, 0.4) is 0 Å². The number of rotatable bonds is 8. The van der Waals surface area contributed by atoms with E-state index in [1.54, 1.807) is 7.11 Å². The summed E-state index contributed by atoms with van der Waals surface area (Å²) in [6.45, 7) is 6.41. The van der Waals surface area contributed by atoms with Crippen molar-refractivity contribution in [3.63, 3.8) is 0 Å². The summed E-state index contributed by atoms with van der Waals surface area (Å²) < 4.78 is 16.7. The second-order valence-electron chi connectivity index (χ2n) is 5.20. The fraction of sp³-hybridized carbons (Fsp3) is 0.625. The first-order valence-electron chi connectivity index (χ1n) is 7.41. The van der Waals surface area contributed by atoms with Crippen molar-refractivity contribution in [1.29, 1.82) is 0 Å². The third kappa shape index (κ3) is 4.39. The maximum absolute atomic E-state index is 5.93. The molecule has 0 amide bonds. The zero-order valence-electron chi connectivity index (χ0n) is 12.5. The normalized spacial score (nSPS) is 18.2. The van der Waals surface area contributed by atoms with Crippen LogP contribution in [0.25, 0.3) is 0 Å². The summed E-state index contributed by atoms with van der Waals surface area (Å²) in [5, 5.41) is 3.40. The van der Waals surface area contributed by atoms with Gasteiger partial charge in [-0.05, 0) is 37.1 Å². The fourth-order valence-corrected chi connectivity index (χ4v) is 2.28. The van der Waals surface area contributed by atoms with Gasteiger partial charge in [0.05, 0.1) is 20.3 Å². The number of methoxy groups -OCH3 is 1. The van der Waals surface area contributed by atoms with E-state index in [-0.39, 0.29) is 0 Å². The average Bonchev–Trinajstić information content (AvgIpc) is 2.99. The van der Waals surface area contributed by atoms with E-state index in [4.69, 9.17) is 14.2 Å². The topological polar surface area (TPSA) is 39.7 Å². The van der Waals surface area contributed by atoms with Gasteiger partial charge in [-0.15, -0.1) is 0 Å². The summed E-state index contributed by atoms with van der Waals surface area (Å²) in [6.07, 6.45) is 2.22. The van der Waals surface area contributed by atoms with Crippen molar-refractivity contribution in [2.75, 3.05) is 33.5 Å². The Hall–Kier alpha value is -1.26. The monoisotopic (exact) mass is 279 g/mol. The van der Waals surface area contributed by atoms with Crippen molar-refractivity contribution in [3.05, 3.63) is 23.8 Å². The van der Waals surface area contributed by atoms with Crippen LogP contribution in [0.4, 0.5) is 0 Å². The minimum absolute atomic E-state index is 0.501. The maximum atomic E-state index is 5.93. The van der Waals surface area contributed by atoms with E-state index < -0.39 is 0 Å². The molecule has 1 fully saturated rings. The molecule has 2 rings (SSSR count). The molecule has 1 aliphatic rings. The highest BCUT2D eigenvalue weighted by molar-refractivity contribution is 5.43. The van der Waals surface area contributed by atoms with Crippen molar-refractivity contribution in [3.8, 4) is 11.5 Å². The molecule has 0 aromatic heterocycles. The Morgan fingerprint density at radius 3 is 2.95 bits per heavy atom. The van der Waals surface area contributed by atoms with Crippen molar-refractivity contribution < 1.29 is 14.2 Å². The van der Waals surface area contributed by atoms with Gasteiger partial charge in [0.1, 0.15) is 0 Å². The molecule has 1 aromatic rings. The Morgan fingerprint density at radius 1 is 1.35 bits per heavy atom. The number of hydrogen-bond acceptors (Lipinski definition) is 4. The molecule has 1 atom stereocenters. The lowest BCUT2D eigenvalue weighted by molar-refractivity contribution is 0.165. The van der Waals surface area contributed by atoms with Crippen molar-refractivity contribution in [2.24, 2.45) is 5.92 Å². The smallest absolute Gasteiger partial charge is 0.161 e. The van der Waals surface area contributed by atoms with Crippen LogP contribution in [0, 0.1) is 5.92 Å². The second-order valence-corrected chi connectivity index (χ2v) is 5.20. The molecule has 0 aliphatic carbocycles. The van der Waals surface area contributed by atoms with E-state index in [1.807, 2.05) is 6.07 Å². The third-order valence-electron chi connectivity index (χ3n) is 3.48. The van der Waals surface area contributed by atoms with Gasteiger partial charge in [-0.25, -0.2) is 0 Å². The van der Waals surface area contributed by atoms with Crippen LogP contribution in [0.15, 0.2) is 18.2 Å². The van der Waals surface area contributed by atoms with Crippen LogP contribution in [-0.2, 0) is 11.3 Å². The Bertz CT molecular complexity index is 403. The first kappa shape index (κ1) is 15.1. The zero-order chi connectivity index (χ0) is 14.2. The van der Waals surface area contributed by atoms with Crippen LogP contribution >= 0.6 is 0 Å². The number of ether oxygens (including phenoxy) is 3. The van der Waals surface area contributed by atoms with Crippen LogP contribution in [0.1, 0.15) is 25.3 Å². The summed E-state index contributed by atoms with van der Waals surface area (Å²) >= 11 is 0. The van der Waals surface area contributed by atoms with Crippen LogP contribution < -0.4 is 14.8 Å². The molecule has 1 saturated heterocycles. The lowest BCUT2D eigenvalue weighted by atomic mass is 10.1. The summed E-state index contributed by atoms with van der Waals surface area (Å²) in [4.78, 5) is 0. The summed E-state index contributed by atoms with van der Waals surface area (Å²) in [6, 6.07) is 6.12. The van der Waals surface area contributed by atoms with E-state index >= 15 is 0 Å². The molecule has 0 saturated carbocycles. The van der Waals surface area contributed by atoms with Gasteiger partial charge in [0, 0.05) is 19.1 Å². The molecular formula is C16H25NO3. The van der Waals surface area contributed by atoms with Gasteiger partial charge in [0.25, 0.3) is 0 Å². The molecule has 112 valence electrons. The number of benzene rings is 1. The highest BCUT2D eigenvalue weighted by Crippen LogP contribution is 2.29.